The molecule has 1 saturated heterocycles. The topological polar surface area (TPSA) is 114 Å². The molecule has 0 radical (unpaired) electrons. The Labute approximate surface area is 106 Å². The molecular formula is C10H19N3O4S. The second-order valence-electron chi connectivity index (χ2n) is 4.81. The number of oxime groups is 1. The highest BCUT2D eigenvalue weighted by Crippen LogP contribution is 2.33. The van der Waals surface area contributed by atoms with Crippen molar-refractivity contribution in [2.24, 2.45) is 16.8 Å². The van der Waals surface area contributed by atoms with Crippen molar-refractivity contribution in [2.75, 3.05) is 13.2 Å². The quantitative estimate of drug-likeness (QED) is 0.274. The minimum atomic E-state index is -3.44. The first-order valence-electron chi connectivity index (χ1n) is 6.11. The van der Waals surface area contributed by atoms with E-state index in [1.54, 1.807) is 0 Å². The molecule has 1 atom stereocenters. The summed E-state index contributed by atoms with van der Waals surface area (Å²) in [5.74, 6) is 0.0867. The second kappa shape index (κ2) is 5.41. The van der Waals surface area contributed by atoms with E-state index in [0.29, 0.717) is 26.1 Å². The van der Waals surface area contributed by atoms with Crippen molar-refractivity contribution in [3.8, 4) is 0 Å². The smallest absolute Gasteiger partial charge is 0.215 e. The number of rotatable bonds is 5. The molecule has 2 fully saturated rings. The largest absolute Gasteiger partial charge is 0.409 e. The molecule has 1 unspecified atom stereocenters. The molecule has 0 amide bonds. The normalized spacial score (nSPS) is 25.0. The molecule has 104 valence electrons. The van der Waals surface area contributed by atoms with Crippen LogP contribution in [0.5, 0.6) is 0 Å². The standard InChI is InChI=1S/C10H19N3O4S/c11-10(12-14)9(7-1-2-7)13-18(15,16)8-3-5-17-6-4-8/h7-9,13-14H,1-6H2,(H2,11,12). The number of nitrogens with two attached hydrogens (primary N) is 1. The number of ether oxygens (including phenoxy) is 1. The Morgan fingerprint density at radius 1 is 1.33 bits per heavy atom. The van der Waals surface area contributed by atoms with E-state index in [2.05, 4.69) is 9.88 Å². The predicted octanol–water partition coefficient (Wildman–Crippen LogP) is -0.390. The molecular weight excluding hydrogens is 258 g/mol. The lowest BCUT2D eigenvalue weighted by molar-refractivity contribution is 0.0981. The second-order valence-corrected chi connectivity index (χ2v) is 6.81. The summed E-state index contributed by atoms with van der Waals surface area (Å²) in [6, 6.07) is -0.581. The van der Waals surface area contributed by atoms with Gasteiger partial charge >= 0.3 is 0 Å². The van der Waals surface area contributed by atoms with E-state index in [-0.39, 0.29) is 11.8 Å². The van der Waals surface area contributed by atoms with Crippen LogP contribution in [0.15, 0.2) is 5.16 Å². The van der Waals surface area contributed by atoms with Crippen LogP contribution in [0.1, 0.15) is 25.7 Å². The van der Waals surface area contributed by atoms with Crippen molar-refractivity contribution >= 4 is 15.9 Å². The Morgan fingerprint density at radius 3 is 2.44 bits per heavy atom. The fourth-order valence-corrected chi connectivity index (χ4v) is 3.82. The highest BCUT2D eigenvalue weighted by atomic mass is 32.2. The molecule has 0 aromatic carbocycles. The molecule has 2 rings (SSSR count). The van der Waals surface area contributed by atoms with Gasteiger partial charge in [0.15, 0.2) is 5.84 Å². The highest BCUT2D eigenvalue weighted by molar-refractivity contribution is 7.90. The first-order valence-corrected chi connectivity index (χ1v) is 7.65. The Bertz CT molecular complexity index is 413. The van der Waals surface area contributed by atoms with E-state index < -0.39 is 21.3 Å². The van der Waals surface area contributed by atoms with Crippen LogP contribution in [0.4, 0.5) is 0 Å². The number of hydrogen-bond donors (Lipinski definition) is 3. The summed E-state index contributed by atoms with van der Waals surface area (Å²) in [6.45, 7) is 0.923. The molecule has 18 heavy (non-hydrogen) atoms. The van der Waals surface area contributed by atoms with Crippen LogP contribution >= 0.6 is 0 Å². The lowest BCUT2D eigenvalue weighted by Gasteiger charge is -2.25. The minimum Gasteiger partial charge on any atom is -0.409 e. The molecule has 4 N–H and O–H groups in total. The van der Waals surface area contributed by atoms with Gasteiger partial charge in [-0.2, -0.15) is 0 Å². The van der Waals surface area contributed by atoms with Crippen LogP contribution in [0.2, 0.25) is 0 Å². The molecule has 1 aliphatic carbocycles. The van der Waals surface area contributed by atoms with Gasteiger partial charge < -0.3 is 15.7 Å². The van der Waals surface area contributed by atoms with E-state index in [4.69, 9.17) is 15.7 Å². The molecule has 1 aliphatic heterocycles. The summed E-state index contributed by atoms with van der Waals surface area (Å²) in [6.07, 6.45) is 2.78. The summed E-state index contributed by atoms with van der Waals surface area (Å²) in [5, 5.41) is 11.2. The summed E-state index contributed by atoms with van der Waals surface area (Å²) in [7, 11) is -3.44. The van der Waals surface area contributed by atoms with E-state index in [0.717, 1.165) is 12.8 Å². The van der Waals surface area contributed by atoms with Gasteiger partial charge in [-0.3, -0.25) is 0 Å². The molecule has 0 aromatic rings. The summed E-state index contributed by atoms with van der Waals surface area (Å²) in [4.78, 5) is 0. The van der Waals surface area contributed by atoms with Gasteiger partial charge in [-0.05, 0) is 31.6 Å². The monoisotopic (exact) mass is 277 g/mol. The maximum absolute atomic E-state index is 12.2. The van der Waals surface area contributed by atoms with Gasteiger partial charge in [-0.15, -0.1) is 0 Å². The van der Waals surface area contributed by atoms with Crippen LogP contribution in [0, 0.1) is 5.92 Å². The summed E-state index contributed by atoms with van der Waals surface area (Å²) >= 11 is 0. The zero-order valence-electron chi connectivity index (χ0n) is 10.1. The van der Waals surface area contributed by atoms with Gasteiger partial charge in [-0.1, -0.05) is 5.16 Å². The van der Waals surface area contributed by atoms with E-state index >= 15 is 0 Å². The summed E-state index contributed by atoms with van der Waals surface area (Å²) < 4.78 is 32.1. The Balaban J connectivity index is 2.05. The van der Waals surface area contributed by atoms with Gasteiger partial charge in [0.25, 0.3) is 0 Å². The van der Waals surface area contributed by atoms with E-state index in [9.17, 15) is 8.42 Å². The predicted molar refractivity (Wildman–Crippen MR) is 65.8 cm³/mol. The lowest BCUT2D eigenvalue weighted by atomic mass is 10.2. The molecule has 0 bridgehead atoms. The molecule has 7 nitrogen and oxygen atoms in total. The zero-order chi connectivity index (χ0) is 13.2. The van der Waals surface area contributed by atoms with Crippen molar-refractivity contribution in [3.05, 3.63) is 0 Å². The Kier molecular flexibility index (Phi) is 4.08. The number of sulfonamides is 1. The Morgan fingerprint density at radius 2 is 1.94 bits per heavy atom. The molecule has 0 aromatic heterocycles. The van der Waals surface area contributed by atoms with Gasteiger partial charge in [0.2, 0.25) is 10.0 Å². The third-order valence-electron chi connectivity index (χ3n) is 3.43. The van der Waals surface area contributed by atoms with Gasteiger partial charge in [0.05, 0.1) is 11.3 Å². The van der Waals surface area contributed by atoms with Crippen LogP contribution in [-0.4, -0.2) is 44.0 Å². The highest BCUT2D eigenvalue weighted by Gasteiger charge is 2.39. The van der Waals surface area contributed by atoms with Gasteiger partial charge in [0, 0.05) is 13.2 Å². The van der Waals surface area contributed by atoms with Gasteiger partial charge in [0.1, 0.15) is 0 Å². The average Bonchev–Trinajstić information content (AvgIpc) is 3.20. The van der Waals surface area contributed by atoms with Crippen LogP contribution in [-0.2, 0) is 14.8 Å². The minimum absolute atomic E-state index is 0.0619. The molecule has 8 heteroatoms. The molecule has 2 aliphatic rings. The van der Waals surface area contributed by atoms with Crippen molar-refractivity contribution in [3.63, 3.8) is 0 Å². The first-order chi connectivity index (χ1) is 8.54. The maximum atomic E-state index is 12.2. The number of nitrogens with one attached hydrogen (secondary N) is 1. The van der Waals surface area contributed by atoms with Crippen molar-refractivity contribution in [1.82, 2.24) is 4.72 Å². The first kappa shape index (κ1) is 13.6. The number of nitrogens with zero attached hydrogens (tertiary/aromatic N) is 1. The third kappa shape index (κ3) is 3.12. The van der Waals surface area contributed by atoms with E-state index in [1.807, 2.05) is 0 Å². The van der Waals surface area contributed by atoms with Crippen molar-refractivity contribution in [1.29, 1.82) is 0 Å². The average molecular weight is 277 g/mol. The van der Waals surface area contributed by atoms with Crippen LogP contribution in [0.25, 0.3) is 0 Å². The fourth-order valence-electron chi connectivity index (χ4n) is 2.15. The van der Waals surface area contributed by atoms with Crippen LogP contribution < -0.4 is 10.5 Å². The summed E-state index contributed by atoms with van der Waals surface area (Å²) in [5.41, 5.74) is 5.54. The molecule has 0 spiro atoms. The van der Waals surface area contributed by atoms with E-state index in [1.165, 1.54) is 0 Å². The SMILES string of the molecule is NC(=NO)C(NS(=O)(=O)C1CCOCC1)C1CC1. The van der Waals surface area contributed by atoms with Crippen LogP contribution in [0.3, 0.4) is 0 Å². The fraction of sp³-hybridized carbons (Fsp3) is 0.900. The molecule has 1 heterocycles. The molecule has 1 saturated carbocycles. The lowest BCUT2D eigenvalue weighted by Crippen LogP contribution is -2.49. The Hall–Kier alpha value is -0.860. The maximum Gasteiger partial charge on any atom is 0.215 e. The van der Waals surface area contributed by atoms with Crippen molar-refractivity contribution in [2.45, 2.75) is 37.0 Å². The number of hydrogen-bond acceptors (Lipinski definition) is 5. The number of amidine groups is 1. The zero-order valence-corrected chi connectivity index (χ0v) is 10.9. The van der Waals surface area contributed by atoms with Crippen molar-refractivity contribution < 1.29 is 18.4 Å². The third-order valence-corrected chi connectivity index (χ3v) is 5.36. The van der Waals surface area contributed by atoms with Gasteiger partial charge in [-0.25, -0.2) is 13.1 Å².